The van der Waals surface area contributed by atoms with Gasteiger partial charge in [-0.15, -0.1) is 22.1 Å². The van der Waals surface area contributed by atoms with E-state index in [0.717, 1.165) is 67.1 Å². The first kappa shape index (κ1) is 23.1. The van der Waals surface area contributed by atoms with Crippen molar-refractivity contribution < 1.29 is 20.4 Å². The Morgan fingerprint density at radius 2 is 0.919 bits per heavy atom. The number of rotatable bonds is 2. The molecule has 7 rings (SSSR count). The molecule has 0 aliphatic carbocycles. The Morgan fingerprint density at radius 3 is 1.38 bits per heavy atom. The summed E-state index contributed by atoms with van der Waals surface area (Å²) in [7, 11) is 0. The van der Waals surface area contributed by atoms with E-state index in [0.29, 0.717) is 0 Å². The van der Waals surface area contributed by atoms with Gasteiger partial charge in [-0.2, -0.15) is 0 Å². The molecule has 178 valence electrons. The standard InChI is InChI=1S/C32H20N4.Pd/c1-3-7-21(8-4-1)31-27-15-11-23(33-27)19-25-13-17-29(35-25)32(22-9-5-2-6-10-22)30-18-14-26(36-30)20-24-12-16-28(31)34-24;/h1-20H;/q-2;+2. The Kier molecular flexibility index (Phi) is 6.02. The van der Waals surface area contributed by atoms with E-state index in [4.69, 9.17) is 19.9 Å². The van der Waals surface area contributed by atoms with Gasteiger partial charge in [0.05, 0.1) is 22.8 Å². The summed E-state index contributed by atoms with van der Waals surface area (Å²) in [6, 6.07) is 32.8. The number of fused-ring (bicyclic) bond motifs is 8. The first-order valence-corrected chi connectivity index (χ1v) is 11.9. The average molecular weight is 567 g/mol. The zero-order chi connectivity index (χ0) is 23.9. The summed E-state index contributed by atoms with van der Waals surface area (Å²) in [5.41, 5.74) is 11.2. The van der Waals surface area contributed by atoms with Crippen molar-refractivity contribution in [2.45, 2.75) is 0 Å². The van der Waals surface area contributed by atoms with Crippen molar-refractivity contribution in [1.29, 1.82) is 0 Å². The van der Waals surface area contributed by atoms with Crippen molar-refractivity contribution in [1.82, 2.24) is 19.9 Å². The van der Waals surface area contributed by atoms with Crippen molar-refractivity contribution >= 4 is 46.4 Å². The maximum atomic E-state index is 4.95. The van der Waals surface area contributed by atoms with E-state index in [2.05, 4.69) is 48.6 Å². The van der Waals surface area contributed by atoms with E-state index in [9.17, 15) is 0 Å². The third kappa shape index (κ3) is 4.40. The van der Waals surface area contributed by atoms with Crippen LogP contribution in [0.15, 0.2) is 97.1 Å². The molecule has 0 fully saturated rings. The molecule has 3 aromatic heterocycles. The van der Waals surface area contributed by atoms with Crippen LogP contribution in [-0.2, 0) is 20.4 Å². The number of aromatic nitrogens is 4. The van der Waals surface area contributed by atoms with Crippen molar-refractivity contribution in [2.24, 2.45) is 0 Å². The van der Waals surface area contributed by atoms with Gasteiger partial charge in [-0.1, -0.05) is 91.0 Å². The minimum absolute atomic E-state index is 0. The summed E-state index contributed by atoms with van der Waals surface area (Å²) >= 11 is 0. The minimum Gasteiger partial charge on any atom is -0.657 e. The topological polar surface area (TPSA) is 54.0 Å². The molecule has 0 saturated carbocycles. The molecule has 8 bridgehead atoms. The molecule has 2 aliphatic heterocycles. The van der Waals surface area contributed by atoms with E-state index in [-0.39, 0.29) is 20.4 Å². The van der Waals surface area contributed by atoms with Gasteiger partial charge in [-0.3, -0.25) is 0 Å². The smallest absolute Gasteiger partial charge is 0.657 e. The van der Waals surface area contributed by atoms with E-state index < -0.39 is 0 Å². The number of nitrogens with zero attached hydrogens (tertiary/aromatic N) is 4. The van der Waals surface area contributed by atoms with Gasteiger partial charge in [-0.25, -0.2) is 9.97 Å². The molecule has 5 heteroatoms. The molecule has 4 nitrogen and oxygen atoms in total. The summed E-state index contributed by atoms with van der Waals surface area (Å²) in [6.07, 6.45) is 8.18. The van der Waals surface area contributed by atoms with Crippen LogP contribution in [-0.4, -0.2) is 9.97 Å². The molecule has 0 saturated heterocycles. The summed E-state index contributed by atoms with van der Waals surface area (Å²) in [4.78, 5) is 19.8. The number of hydrogen-bond donors (Lipinski definition) is 0. The van der Waals surface area contributed by atoms with Crippen LogP contribution in [0.2, 0.25) is 0 Å². The molecule has 0 atom stereocenters. The van der Waals surface area contributed by atoms with Crippen molar-refractivity contribution in [3.8, 4) is 22.3 Å². The number of benzene rings is 2. The van der Waals surface area contributed by atoms with Gasteiger partial charge < -0.3 is 9.97 Å². The molecule has 37 heavy (non-hydrogen) atoms. The number of hydrogen-bond acceptors (Lipinski definition) is 2. The third-order valence-electron chi connectivity index (χ3n) is 6.39. The maximum absolute atomic E-state index is 4.95. The van der Waals surface area contributed by atoms with Crippen molar-refractivity contribution in [3.05, 3.63) is 120 Å². The van der Waals surface area contributed by atoms with Gasteiger partial charge in [0.2, 0.25) is 0 Å². The first-order chi connectivity index (χ1) is 17.8. The van der Waals surface area contributed by atoms with Crippen molar-refractivity contribution in [2.75, 3.05) is 0 Å². The quantitative estimate of drug-likeness (QED) is 0.207. The first-order valence-electron chi connectivity index (χ1n) is 11.9. The minimum atomic E-state index is 0. The Bertz CT molecular complexity index is 1700. The maximum Gasteiger partial charge on any atom is 2.00 e. The normalized spacial score (nSPS) is 11.9. The fraction of sp³-hybridized carbons (Fsp3) is 0. The van der Waals surface area contributed by atoms with Gasteiger partial charge >= 0.3 is 20.4 Å². The van der Waals surface area contributed by atoms with E-state index in [1.807, 2.05) is 72.8 Å². The van der Waals surface area contributed by atoms with Crippen LogP contribution in [0.1, 0.15) is 22.8 Å². The van der Waals surface area contributed by atoms with Gasteiger partial charge in [0.25, 0.3) is 0 Å². The molecule has 0 radical (unpaired) electrons. The second-order valence-electron chi connectivity index (χ2n) is 8.79. The van der Waals surface area contributed by atoms with Crippen LogP contribution in [0.25, 0.3) is 68.6 Å². The Hall–Kier alpha value is -4.30. The molecule has 0 unspecified atom stereocenters. The van der Waals surface area contributed by atoms with E-state index >= 15 is 0 Å². The van der Waals surface area contributed by atoms with Crippen LogP contribution < -0.4 is 9.97 Å². The van der Waals surface area contributed by atoms with Crippen molar-refractivity contribution in [3.63, 3.8) is 0 Å². The van der Waals surface area contributed by atoms with Gasteiger partial charge in [0.15, 0.2) is 0 Å². The Labute approximate surface area is 228 Å². The summed E-state index contributed by atoms with van der Waals surface area (Å²) in [5.74, 6) is 0. The Morgan fingerprint density at radius 1 is 0.459 bits per heavy atom. The van der Waals surface area contributed by atoms with Gasteiger partial charge in [0.1, 0.15) is 0 Å². The molecule has 2 aromatic carbocycles. The zero-order valence-electron chi connectivity index (χ0n) is 19.7. The van der Waals surface area contributed by atoms with E-state index in [1.54, 1.807) is 0 Å². The average Bonchev–Trinajstić information content (AvgIpc) is 3.72. The molecule has 0 amide bonds. The zero-order valence-corrected chi connectivity index (χ0v) is 21.2. The van der Waals surface area contributed by atoms with Gasteiger partial charge in [0, 0.05) is 0 Å². The van der Waals surface area contributed by atoms with Crippen LogP contribution >= 0.6 is 0 Å². The molecular formula is C32H20N4Pd. The van der Waals surface area contributed by atoms with Crippen LogP contribution in [0.5, 0.6) is 0 Å². The molecule has 2 aliphatic rings. The summed E-state index contributed by atoms with van der Waals surface area (Å²) < 4.78 is 0. The fourth-order valence-corrected chi connectivity index (χ4v) is 4.76. The fourth-order valence-electron chi connectivity index (χ4n) is 4.76. The largest absolute Gasteiger partial charge is 2.00 e. The SMILES string of the molecule is C1=Cc2nc1cc1nc(c(-c3ccccc3)c3ccc(cc4ccc([n-]4)c2-c2ccccc2)[n-]3)C=C1.[Pd+2]. The predicted octanol–water partition coefficient (Wildman–Crippen LogP) is 7.25. The molecular weight excluding hydrogens is 547 g/mol. The third-order valence-corrected chi connectivity index (χ3v) is 6.39. The second-order valence-corrected chi connectivity index (χ2v) is 8.79. The van der Waals surface area contributed by atoms with Crippen LogP contribution in [0, 0.1) is 0 Å². The molecule has 5 aromatic rings. The molecule has 5 heterocycles. The second kappa shape index (κ2) is 9.63. The van der Waals surface area contributed by atoms with Crippen LogP contribution in [0.3, 0.4) is 0 Å². The molecule has 0 N–H and O–H groups in total. The summed E-state index contributed by atoms with van der Waals surface area (Å²) in [5, 5.41) is 0. The van der Waals surface area contributed by atoms with Crippen LogP contribution in [0.4, 0.5) is 0 Å². The van der Waals surface area contributed by atoms with Gasteiger partial charge in [-0.05, 0) is 52.6 Å². The predicted molar refractivity (Wildman–Crippen MR) is 148 cm³/mol. The molecule has 0 spiro atoms. The van der Waals surface area contributed by atoms with E-state index in [1.165, 1.54) is 0 Å². The monoisotopic (exact) mass is 566 g/mol. The Balaban J connectivity index is 0.00000252. The summed E-state index contributed by atoms with van der Waals surface area (Å²) in [6.45, 7) is 0.